The van der Waals surface area contributed by atoms with Crippen molar-refractivity contribution in [2.45, 2.75) is 6.54 Å². The topological polar surface area (TPSA) is 80.5 Å². The maximum absolute atomic E-state index is 12.0. The molecule has 0 radical (unpaired) electrons. The zero-order valence-corrected chi connectivity index (χ0v) is 12.4. The van der Waals surface area contributed by atoms with Crippen molar-refractivity contribution in [3.63, 3.8) is 0 Å². The zero-order chi connectivity index (χ0) is 15.5. The zero-order valence-electron chi connectivity index (χ0n) is 11.6. The lowest BCUT2D eigenvalue weighted by Crippen LogP contribution is -2.29. The molecular formula is C15H16N2O3S. The van der Waals surface area contributed by atoms with Crippen molar-refractivity contribution in [1.82, 2.24) is 0 Å². The first-order valence-electron chi connectivity index (χ1n) is 6.29. The maximum atomic E-state index is 12.0. The number of nitrogens with two attached hydrogens (primary N) is 1. The SMILES string of the molecule is CS(=O)(=O)N(Cc1ccc(C(N)=O)cc1)c1ccccc1. The molecule has 2 rings (SSSR count). The summed E-state index contributed by atoms with van der Waals surface area (Å²) in [6.45, 7) is 0.196. The third-order valence-corrected chi connectivity index (χ3v) is 4.15. The monoisotopic (exact) mass is 304 g/mol. The summed E-state index contributed by atoms with van der Waals surface area (Å²) >= 11 is 0. The molecule has 0 unspecified atom stereocenters. The molecule has 0 aliphatic heterocycles. The predicted octanol–water partition coefficient (Wildman–Crippen LogP) is 1.75. The summed E-state index contributed by atoms with van der Waals surface area (Å²) in [5.74, 6) is -0.510. The van der Waals surface area contributed by atoms with Gasteiger partial charge in [0.05, 0.1) is 18.5 Å². The second-order valence-electron chi connectivity index (χ2n) is 4.67. The predicted molar refractivity (Wildman–Crippen MR) is 82.4 cm³/mol. The van der Waals surface area contributed by atoms with Crippen LogP contribution in [0.4, 0.5) is 5.69 Å². The van der Waals surface area contributed by atoms with Gasteiger partial charge in [-0.2, -0.15) is 0 Å². The fraction of sp³-hybridized carbons (Fsp3) is 0.133. The largest absolute Gasteiger partial charge is 0.366 e. The molecule has 1 amide bonds. The quantitative estimate of drug-likeness (QED) is 0.914. The van der Waals surface area contributed by atoms with Crippen molar-refractivity contribution in [2.24, 2.45) is 5.73 Å². The van der Waals surface area contributed by atoms with E-state index in [1.54, 1.807) is 48.5 Å². The molecule has 2 aromatic carbocycles. The number of hydrogen-bond donors (Lipinski definition) is 1. The summed E-state index contributed by atoms with van der Waals surface area (Å²) in [5.41, 5.74) is 6.94. The minimum absolute atomic E-state index is 0.196. The van der Waals surface area contributed by atoms with Crippen LogP contribution >= 0.6 is 0 Å². The van der Waals surface area contributed by atoms with Gasteiger partial charge in [0.2, 0.25) is 15.9 Å². The molecule has 110 valence electrons. The molecule has 0 spiro atoms. The molecule has 2 N–H and O–H groups in total. The lowest BCUT2D eigenvalue weighted by atomic mass is 10.1. The van der Waals surface area contributed by atoms with Crippen LogP contribution < -0.4 is 10.0 Å². The van der Waals surface area contributed by atoms with E-state index in [1.165, 1.54) is 4.31 Å². The highest BCUT2D eigenvalue weighted by Crippen LogP contribution is 2.20. The van der Waals surface area contributed by atoms with Gasteiger partial charge in [-0.05, 0) is 29.8 Å². The second-order valence-corrected chi connectivity index (χ2v) is 6.57. The number of para-hydroxylation sites is 1. The Bertz CT molecular complexity index is 725. The van der Waals surface area contributed by atoms with Crippen LogP contribution in [0, 0.1) is 0 Å². The molecule has 0 aromatic heterocycles. The number of anilines is 1. The fourth-order valence-electron chi connectivity index (χ4n) is 1.93. The second kappa shape index (κ2) is 5.97. The number of sulfonamides is 1. The van der Waals surface area contributed by atoms with Crippen LogP contribution in [0.5, 0.6) is 0 Å². The number of nitrogens with zero attached hydrogens (tertiary/aromatic N) is 1. The minimum Gasteiger partial charge on any atom is -0.366 e. The number of amides is 1. The Morgan fingerprint density at radius 3 is 2.10 bits per heavy atom. The summed E-state index contributed by atoms with van der Waals surface area (Å²) in [6.07, 6.45) is 1.16. The van der Waals surface area contributed by atoms with Crippen LogP contribution in [0.1, 0.15) is 15.9 Å². The summed E-state index contributed by atoms with van der Waals surface area (Å²) in [4.78, 5) is 11.0. The van der Waals surface area contributed by atoms with E-state index in [1.807, 2.05) is 6.07 Å². The van der Waals surface area contributed by atoms with E-state index in [0.717, 1.165) is 11.8 Å². The number of benzene rings is 2. The van der Waals surface area contributed by atoms with Crippen molar-refractivity contribution < 1.29 is 13.2 Å². The van der Waals surface area contributed by atoms with Gasteiger partial charge in [-0.15, -0.1) is 0 Å². The molecule has 6 heteroatoms. The number of carbonyl (C=O) groups excluding carboxylic acids is 1. The van der Waals surface area contributed by atoms with Crippen molar-refractivity contribution >= 4 is 21.6 Å². The highest BCUT2D eigenvalue weighted by Gasteiger charge is 2.17. The molecular weight excluding hydrogens is 288 g/mol. The number of rotatable bonds is 5. The highest BCUT2D eigenvalue weighted by atomic mass is 32.2. The minimum atomic E-state index is -3.40. The Labute approximate surface area is 124 Å². The number of hydrogen-bond acceptors (Lipinski definition) is 3. The Morgan fingerprint density at radius 2 is 1.62 bits per heavy atom. The molecule has 0 saturated heterocycles. The van der Waals surface area contributed by atoms with E-state index in [2.05, 4.69) is 0 Å². The van der Waals surface area contributed by atoms with Gasteiger partial charge in [0, 0.05) is 5.56 Å². The summed E-state index contributed by atoms with van der Waals surface area (Å²) < 4.78 is 25.2. The normalized spacial score (nSPS) is 11.1. The Kier molecular flexibility index (Phi) is 4.28. The van der Waals surface area contributed by atoms with Crippen LogP contribution in [0.15, 0.2) is 54.6 Å². The van der Waals surface area contributed by atoms with Gasteiger partial charge < -0.3 is 5.73 Å². The maximum Gasteiger partial charge on any atom is 0.248 e. The van der Waals surface area contributed by atoms with Gasteiger partial charge in [-0.1, -0.05) is 30.3 Å². The lowest BCUT2D eigenvalue weighted by Gasteiger charge is -2.22. The van der Waals surface area contributed by atoms with E-state index in [4.69, 9.17) is 5.73 Å². The van der Waals surface area contributed by atoms with Crippen LogP contribution in [-0.2, 0) is 16.6 Å². The third-order valence-electron chi connectivity index (χ3n) is 3.01. The van der Waals surface area contributed by atoms with Gasteiger partial charge in [0.25, 0.3) is 0 Å². The molecule has 0 fully saturated rings. The van der Waals surface area contributed by atoms with Gasteiger partial charge in [0.1, 0.15) is 0 Å². The molecule has 5 nitrogen and oxygen atoms in total. The lowest BCUT2D eigenvalue weighted by molar-refractivity contribution is 0.100. The molecule has 0 heterocycles. The molecule has 2 aromatic rings. The van der Waals surface area contributed by atoms with Gasteiger partial charge in [-0.3, -0.25) is 9.10 Å². The molecule has 0 atom stereocenters. The Hall–Kier alpha value is -2.34. The molecule has 21 heavy (non-hydrogen) atoms. The Balaban J connectivity index is 2.30. The van der Waals surface area contributed by atoms with E-state index >= 15 is 0 Å². The first kappa shape index (κ1) is 15.1. The fourth-order valence-corrected chi connectivity index (χ4v) is 2.82. The van der Waals surface area contributed by atoms with E-state index < -0.39 is 15.9 Å². The van der Waals surface area contributed by atoms with Gasteiger partial charge >= 0.3 is 0 Å². The van der Waals surface area contributed by atoms with Gasteiger partial charge in [0.15, 0.2) is 0 Å². The Morgan fingerprint density at radius 1 is 1.05 bits per heavy atom. The average Bonchev–Trinajstić information content (AvgIpc) is 2.45. The first-order valence-corrected chi connectivity index (χ1v) is 8.14. The van der Waals surface area contributed by atoms with Crippen molar-refractivity contribution in [2.75, 3.05) is 10.6 Å². The summed E-state index contributed by atoms with van der Waals surface area (Å²) in [5, 5.41) is 0. The van der Waals surface area contributed by atoms with E-state index in [-0.39, 0.29) is 6.54 Å². The molecule has 0 aliphatic rings. The molecule has 0 saturated carbocycles. The molecule has 0 aliphatic carbocycles. The van der Waals surface area contributed by atoms with Crippen LogP contribution in [0.2, 0.25) is 0 Å². The van der Waals surface area contributed by atoms with Crippen LogP contribution in [0.25, 0.3) is 0 Å². The van der Waals surface area contributed by atoms with E-state index in [9.17, 15) is 13.2 Å². The van der Waals surface area contributed by atoms with Crippen LogP contribution in [0.3, 0.4) is 0 Å². The third kappa shape index (κ3) is 3.82. The smallest absolute Gasteiger partial charge is 0.248 e. The first-order chi connectivity index (χ1) is 9.88. The summed E-state index contributed by atoms with van der Waals surface area (Å²) in [7, 11) is -3.40. The van der Waals surface area contributed by atoms with Gasteiger partial charge in [-0.25, -0.2) is 8.42 Å². The molecule has 0 bridgehead atoms. The average molecular weight is 304 g/mol. The summed E-state index contributed by atoms with van der Waals surface area (Å²) in [6, 6.07) is 15.4. The van der Waals surface area contributed by atoms with Crippen molar-refractivity contribution in [1.29, 1.82) is 0 Å². The van der Waals surface area contributed by atoms with E-state index in [0.29, 0.717) is 11.3 Å². The highest BCUT2D eigenvalue weighted by molar-refractivity contribution is 7.92. The van der Waals surface area contributed by atoms with Crippen molar-refractivity contribution in [3.05, 3.63) is 65.7 Å². The standard InChI is InChI=1S/C15H16N2O3S/c1-21(19,20)17(14-5-3-2-4-6-14)11-12-7-9-13(10-8-12)15(16)18/h2-10H,11H2,1H3,(H2,16,18). The van der Waals surface area contributed by atoms with Crippen LogP contribution in [-0.4, -0.2) is 20.6 Å². The number of carbonyl (C=O) groups is 1. The number of primary amides is 1. The van der Waals surface area contributed by atoms with Crippen molar-refractivity contribution in [3.8, 4) is 0 Å².